The Morgan fingerprint density at radius 3 is 2.39 bits per heavy atom. The van der Waals surface area contributed by atoms with Gasteiger partial charge in [-0.15, -0.1) is 15.3 Å². The number of aryl methyl sites for hydroxylation is 2. The Morgan fingerprint density at radius 2 is 1.69 bits per heavy atom. The molecule has 0 bridgehead atoms. The lowest BCUT2D eigenvalue weighted by atomic mass is 10.1. The normalized spacial score (nSPS) is 16.7. The summed E-state index contributed by atoms with van der Waals surface area (Å²) in [7, 11) is -0.784. The average molecular weight is 1010 g/mol. The van der Waals surface area contributed by atoms with Crippen molar-refractivity contribution in [1.29, 1.82) is 0 Å². The molecule has 382 valence electrons. The van der Waals surface area contributed by atoms with E-state index in [2.05, 4.69) is 40.2 Å². The Hall–Kier alpha value is -6.75. The molecule has 0 saturated carbocycles. The van der Waals surface area contributed by atoms with Crippen molar-refractivity contribution >= 4 is 59.9 Å². The van der Waals surface area contributed by atoms with Gasteiger partial charge in [0.2, 0.25) is 5.91 Å². The molecule has 4 aromatic rings. The molecule has 0 spiro atoms. The lowest BCUT2D eigenvalue weighted by molar-refractivity contribution is -0.384. The lowest BCUT2D eigenvalue weighted by Gasteiger charge is -2.26. The number of rotatable bonds is 27. The van der Waals surface area contributed by atoms with E-state index in [4.69, 9.17) is 23.5 Å². The first-order valence-corrected chi connectivity index (χ1v) is 24.3. The maximum atomic E-state index is 12.6. The van der Waals surface area contributed by atoms with Crippen LogP contribution in [0.1, 0.15) is 74.8 Å². The number of nitro groups is 1. The summed E-state index contributed by atoms with van der Waals surface area (Å²) in [5.74, 6) is -0.323. The Balaban J connectivity index is 0.979. The number of unbranched alkanes of at least 4 members (excludes halogenated alkanes) is 4. The molecule has 3 aromatic carbocycles. The molecule has 5 rings (SSSR count). The van der Waals surface area contributed by atoms with E-state index in [1.54, 1.807) is 31.2 Å². The van der Waals surface area contributed by atoms with Crippen LogP contribution in [0.25, 0.3) is 6.08 Å². The summed E-state index contributed by atoms with van der Waals surface area (Å²) in [5, 5.41) is 31.4. The highest BCUT2D eigenvalue weighted by molar-refractivity contribution is 7.45. The van der Waals surface area contributed by atoms with Gasteiger partial charge in [0.05, 0.1) is 48.2 Å². The summed E-state index contributed by atoms with van der Waals surface area (Å²) in [6.07, 6.45) is 4.84. The van der Waals surface area contributed by atoms with E-state index in [1.807, 2.05) is 38.1 Å². The number of azo groups is 2. The fourth-order valence-electron chi connectivity index (χ4n) is 7.34. The van der Waals surface area contributed by atoms with Gasteiger partial charge in [0, 0.05) is 70.2 Å². The zero-order valence-corrected chi connectivity index (χ0v) is 41.3. The first-order valence-electron chi connectivity index (χ1n) is 22.8. The zero-order chi connectivity index (χ0) is 51.5. The van der Waals surface area contributed by atoms with Crippen LogP contribution in [-0.2, 0) is 37.4 Å². The topological polar surface area (TPSA) is 292 Å². The number of phosphoric acid groups is 1. The Morgan fingerprint density at radius 1 is 0.972 bits per heavy atom. The number of nitrogens with zero attached hydrogens (tertiary/aromatic N) is 7. The quantitative estimate of drug-likeness (QED) is 0.0109. The summed E-state index contributed by atoms with van der Waals surface area (Å²) in [6, 6.07) is 15.6. The number of benzene rings is 3. The predicted octanol–water partition coefficient (Wildman–Crippen LogP) is 7.87. The first kappa shape index (κ1) is 55.2. The van der Waals surface area contributed by atoms with Gasteiger partial charge >= 0.3 is 11.7 Å². The highest BCUT2D eigenvalue weighted by Crippen LogP contribution is 2.44. The van der Waals surface area contributed by atoms with E-state index >= 15 is 0 Å². The van der Waals surface area contributed by atoms with Gasteiger partial charge in [-0.3, -0.25) is 38.6 Å². The fourth-order valence-corrected chi connectivity index (χ4v) is 7.98. The number of hydrogen-bond donors (Lipinski definition) is 2. The van der Waals surface area contributed by atoms with Crippen LogP contribution < -0.4 is 31.1 Å². The fraction of sp³-hybridized carbons (Fsp3) is 0.447. The number of carbonyl (C=O) groups excluding carboxylic acids is 2. The van der Waals surface area contributed by atoms with Crippen molar-refractivity contribution in [2.24, 2.45) is 20.5 Å². The number of aromatic nitrogens is 2. The molecule has 4 unspecified atom stereocenters. The molecule has 0 aliphatic carbocycles. The highest BCUT2D eigenvalue weighted by Gasteiger charge is 2.39. The van der Waals surface area contributed by atoms with Crippen LogP contribution in [0.4, 0.5) is 34.1 Å². The third-order valence-corrected chi connectivity index (χ3v) is 12.1. The maximum Gasteiger partial charge on any atom is 0.330 e. The molecular formula is C47H59N9O14P-. The van der Waals surface area contributed by atoms with Gasteiger partial charge in [-0.2, -0.15) is 5.11 Å². The van der Waals surface area contributed by atoms with Gasteiger partial charge < -0.3 is 43.1 Å². The number of aromatic amines is 1. The minimum atomic E-state index is -4.63. The van der Waals surface area contributed by atoms with Crippen molar-refractivity contribution in [2.75, 3.05) is 59.1 Å². The van der Waals surface area contributed by atoms with Gasteiger partial charge in [0.1, 0.15) is 30.4 Å². The van der Waals surface area contributed by atoms with Crippen LogP contribution >= 0.6 is 7.82 Å². The molecule has 1 aliphatic rings. The average Bonchev–Trinajstić information content (AvgIpc) is 3.73. The van der Waals surface area contributed by atoms with E-state index in [1.165, 1.54) is 38.6 Å². The molecule has 1 aromatic heterocycles. The monoisotopic (exact) mass is 1000 g/mol. The summed E-state index contributed by atoms with van der Waals surface area (Å²) >= 11 is 0. The Kier molecular flexibility index (Phi) is 21.0. The minimum Gasteiger partial charge on any atom is -0.756 e. The number of amides is 1. The molecule has 23 nitrogen and oxygen atoms in total. The number of anilines is 1. The van der Waals surface area contributed by atoms with Gasteiger partial charge in [-0.05, 0) is 87.2 Å². The van der Waals surface area contributed by atoms with E-state index in [0.717, 1.165) is 42.2 Å². The van der Waals surface area contributed by atoms with Crippen molar-refractivity contribution in [1.82, 2.24) is 14.9 Å². The van der Waals surface area contributed by atoms with Crippen LogP contribution in [0, 0.1) is 24.0 Å². The lowest BCUT2D eigenvalue weighted by Crippen LogP contribution is -2.33. The van der Waals surface area contributed by atoms with Crippen molar-refractivity contribution in [2.45, 2.75) is 84.2 Å². The third kappa shape index (κ3) is 16.7. The molecule has 1 fully saturated rings. The minimum absolute atomic E-state index is 0.00552. The summed E-state index contributed by atoms with van der Waals surface area (Å²) in [4.78, 5) is 77.3. The first-order chi connectivity index (χ1) is 34.0. The Bertz CT molecular complexity index is 2730. The van der Waals surface area contributed by atoms with E-state index in [0.29, 0.717) is 67.3 Å². The van der Waals surface area contributed by atoms with Crippen LogP contribution in [0.3, 0.4) is 0 Å². The molecule has 1 amide bonds. The molecule has 71 heavy (non-hydrogen) atoms. The van der Waals surface area contributed by atoms with Gasteiger partial charge in [0.25, 0.3) is 19.1 Å². The number of esters is 1. The van der Waals surface area contributed by atoms with Crippen molar-refractivity contribution < 1.29 is 52.0 Å². The largest absolute Gasteiger partial charge is 0.756 e. The van der Waals surface area contributed by atoms with Crippen LogP contribution in [0.15, 0.2) is 96.9 Å². The molecule has 24 heteroatoms. The van der Waals surface area contributed by atoms with E-state index < -0.39 is 48.3 Å². The molecular weight excluding hydrogens is 946 g/mol. The molecule has 1 aliphatic heterocycles. The maximum absolute atomic E-state index is 12.6. The van der Waals surface area contributed by atoms with Crippen LogP contribution in [-0.4, -0.2) is 92.7 Å². The van der Waals surface area contributed by atoms with Gasteiger partial charge in [-0.1, -0.05) is 25.3 Å². The second kappa shape index (κ2) is 27.0. The molecule has 4 atom stereocenters. The third-order valence-electron chi connectivity index (χ3n) is 11.2. The SMILES string of the molecule is CCN(CCOC(=O)CCCCCCCNC(=O)/C=C/c1cn(C2CC(OP(=O)([O-])OC)C(COC)O2)c(=O)[nH]c1=O)c1ccc(N=Nc2cc(C)c(N=Nc3ccc(C)cc3[N+](=O)[O-])cc2OC)cc1. The second-order valence-electron chi connectivity index (χ2n) is 16.3. The number of nitrogens with one attached hydrogen (secondary N) is 2. The number of phosphoric ester groups is 1. The summed E-state index contributed by atoms with van der Waals surface area (Å²) in [5.41, 5.74) is 2.37. The molecule has 1 saturated heterocycles. The van der Waals surface area contributed by atoms with Gasteiger partial charge in [-0.25, -0.2) is 4.79 Å². The molecule has 2 heterocycles. The van der Waals surface area contributed by atoms with Gasteiger partial charge in [0.15, 0.2) is 5.69 Å². The zero-order valence-electron chi connectivity index (χ0n) is 40.4. The number of H-pyrrole nitrogens is 1. The molecule has 0 radical (unpaired) electrons. The predicted molar refractivity (Wildman–Crippen MR) is 260 cm³/mol. The number of ether oxygens (including phenoxy) is 4. The Labute approximate surface area is 409 Å². The van der Waals surface area contributed by atoms with Crippen molar-refractivity contribution in [3.8, 4) is 5.75 Å². The van der Waals surface area contributed by atoms with Crippen molar-refractivity contribution in [3.63, 3.8) is 0 Å². The van der Waals surface area contributed by atoms with Crippen molar-refractivity contribution in [3.05, 3.63) is 115 Å². The van der Waals surface area contributed by atoms with E-state index in [9.17, 15) is 38.8 Å². The standard InChI is InChI=1S/C47H60N9O14P/c1-7-54(35-18-16-34(17-19-35)50-53-38-26-32(3)37(27-40(38)66-5)52-51-36-20-14-31(2)25-39(36)56(61)62)23-24-68-45(58)13-11-9-8-10-12-22-48-43(57)21-15-33-29-55(47(60)49-46(33)59)44-28-41(42(69-44)30-65-4)70-71(63,64)67-6/h14-21,25-27,29,41-42,44H,7-13,22-24,28,30H2,1-6H3,(H,48,57)(H,63,64)(H,49,59,60)/p-1/b21-15+,52-51?,53-50?. The smallest absolute Gasteiger partial charge is 0.330 e. The van der Waals surface area contributed by atoms with E-state index in [-0.39, 0.29) is 42.5 Å². The number of methoxy groups -OCH3 is 2. The summed E-state index contributed by atoms with van der Waals surface area (Å²) < 4.78 is 44.4. The van der Waals surface area contributed by atoms with Crippen LogP contribution in [0.2, 0.25) is 0 Å². The number of carbonyl (C=O) groups is 2. The number of likely N-dealkylation sites (N-methyl/N-ethyl adjacent to an activating group) is 1. The number of hydrogen-bond acceptors (Lipinski definition) is 19. The second-order valence-corrected chi connectivity index (χ2v) is 17.7. The van der Waals surface area contributed by atoms with Crippen LogP contribution in [0.5, 0.6) is 5.75 Å². The highest BCUT2D eigenvalue weighted by atomic mass is 31.2. The molecule has 2 N–H and O–H groups in total. The number of nitro benzene ring substituents is 1. The summed E-state index contributed by atoms with van der Waals surface area (Å²) in [6.45, 7) is 7.34.